The first-order valence-corrected chi connectivity index (χ1v) is 12.6. The van der Waals surface area contributed by atoms with E-state index in [2.05, 4.69) is 6.58 Å². The number of benzene rings is 1. The van der Waals surface area contributed by atoms with Gasteiger partial charge < -0.3 is 59.1 Å². The first-order chi connectivity index (χ1) is 19.5. The SMILES string of the molecule is C=C1[C@@H]2[C@@H](O[C@H]3O[C@@H](COC(=O)/C=C/c4cc(OC)c(O)c(OC)c4)[C@H](O)[C@@H](O)[C@@H]3O)OC=C(C(=O)O)[C@@H]2C[C@H]1O. The smallest absolute Gasteiger partial charge is 0.334 e. The van der Waals surface area contributed by atoms with Gasteiger partial charge >= 0.3 is 11.9 Å². The highest BCUT2D eigenvalue weighted by molar-refractivity contribution is 5.88. The van der Waals surface area contributed by atoms with E-state index in [1.165, 1.54) is 32.4 Å². The van der Waals surface area contributed by atoms with Gasteiger partial charge in [-0.2, -0.15) is 0 Å². The topological polar surface area (TPSA) is 211 Å². The molecule has 14 heteroatoms. The zero-order valence-electron chi connectivity index (χ0n) is 22.2. The summed E-state index contributed by atoms with van der Waals surface area (Å²) in [4.78, 5) is 24.0. The van der Waals surface area contributed by atoms with E-state index in [1.54, 1.807) is 0 Å². The van der Waals surface area contributed by atoms with Crippen LogP contribution in [0.15, 0.2) is 42.2 Å². The number of ether oxygens (including phenoxy) is 6. The summed E-state index contributed by atoms with van der Waals surface area (Å²) in [5, 5.41) is 61.1. The molecule has 1 aromatic rings. The number of aromatic hydroxyl groups is 1. The number of esters is 1. The Morgan fingerprint density at radius 2 is 1.71 bits per heavy atom. The minimum Gasteiger partial charge on any atom is -0.502 e. The van der Waals surface area contributed by atoms with Gasteiger partial charge in [0, 0.05) is 12.0 Å². The van der Waals surface area contributed by atoms with Crippen LogP contribution >= 0.6 is 0 Å². The minimum atomic E-state index is -1.76. The Bertz CT molecular complexity index is 1200. The van der Waals surface area contributed by atoms with Crippen LogP contribution in [-0.4, -0.2) is 107 Å². The van der Waals surface area contributed by atoms with Crippen molar-refractivity contribution < 1.29 is 68.6 Å². The number of hydrogen-bond acceptors (Lipinski definition) is 13. The minimum absolute atomic E-state index is 0.0739. The largest absolute Gasteiger partial charge is 0.502 e. The highest BCUT2D eigenvalue weighted by Crippen LogP contribution is 2.46. The van der Waals surface area contributed by atoms with E-state index in [0.29, 0.717) is 5.56 Å². The molecule has 0 radical (unpaired) electrons. The lowest BCUT2D eigenvalue weighted by atomic mass is 9.85. The number of carboxylic acid groups (broad SMARTS) is 1. The van der Waals surface area contributed by atoms with E-state index in [4.69, 9.17) is 28.4 Å². The van der Waals surface area contributed by atoms with Gasteiger partial charge in [0.2, 0.25) is 12.0 Å². The van der Waals surface area contributed by atoms with Gasteiger partial charge in [-0.25, -0.2) is 9.59 Å². The van der Waals surface area contributed by atoms with Crippen LogP contribution in [0.4, 0.5) is 0 Å². The quantitative estimate of drug-likeness (QED) is 0.125. The van der Waals surface area contributed by atoms with E-state index in [0.717, 1.165) is 12.3 Å². The average molecular weight is 581 g/mol. The van der Waals surface area contributed by atoms with Crippen LogP contribution < -0.4 is 9.47 Å². The van der Waals surface area contributed by atoms with Crippen LogP contribution in [0.2, 0.25) is 0 Å². The van der Waals surface area contributed by atoms with E-state index in [-0.39, 0.29) is 34.8 Å². The van der Waals surface area contributed by atoms with Crippen molar-refractivity contribution in [1.29, 1.82) is 0 Å². The summed E-state index contributed by atoms with van der Waals surface area (Å²) in [5.74, 6) is -3.52. The predicted octanol–water partition coefficient (Wildman–Crippen LogP) is -0.332. The van der Waals surface area contributed by atoms with Crippen LogP contribution in [0.3, 0.4) is 0 Å². The van der Waals surface area contributed by atoms with Crippen molar-refractivity contribution in [2.75, 3.05) is 20.8 Å². The van der Waals surface area contributed by atoms with E-state index in [1.807, 2.05) is 0 Å². The lowest BCUT2D eigenvalue weighted by molar-refractivity contribution is -0.339. The Morgan fingerprint density at radius 3 is 2.32 bits per heavy atom. The van der Waals surface area contributed by atoms with Crippen molar-refractivity contribution >= 4 is 18.0 Å². The fourth-order valence-corrected chi connectivity index (χ4v) is 5.03. The molecule has 224 valence electrons. The summed E-state index contributed by atoms with van der Waals surface area (Å²) >= 11 is 0. The van der Waals surface area contributed by atoms with Gasteiger partial charge in [-0.1, -0.05) is 6.58 Å². The van der Waals surface area contributed by atoms with Gasteiger partial charge in [0.25, 0.3) is 0 Å². The maximum atomic E-state index is 12.4. The van der Waals surface area contributed by atoms with Gasteiger partial charge in [-0.15, -0.1) is 0 Å². The number of hydrogen-bond donors (Lipinski definition) is 6. The van der Waals surface area contributed by atoms with Crippen LogP contribution in [0, 0.1) is 11.8 Å². The number of carbonyl (C=O) groups excluding carboxylic acids is 1. The number of phenolic OH excluding ortho intramolecular Hbond substituents is 1. The molecule has 1 saturated heterocycles. The maximum Gasteiger partial charge on any atom is 0.334 e. The third-order valence-corrected chi connectivity index (χ3v) is 7.28. The Kier molecular flexibility index (Phi) is 9.21. The molecular formula is C27H32O14. The van der Waals surface area contributed by atoms with Gasteiger partial charge in [-0.05, 0) is 35.8 Å². The number of carboxylic acids is 1. The summed E-state index contributed by atoms with van der Waals surface area (Å²) in [6.07, 6.45) is -6.81. The number of aliphatic carboxylic acids is 1. The average Bonchev–Trinajstić information content (AvgIpc) is 3.25. The molecule has 1 aliphatic carbocycles. The van der Waals surface area contributed by atoms with E-state index in [9.17, 15) is 40.2 Å². The lowest BCUT2D eigenvalue weighted by Gasteiger charge is -2.42. The Morgan fingerprint density at radius 1 is 1.05 bits per heavy atom. The van der Waals surface area contributed by atoms with Gasteiger partial charge in [0.15, 0.2) is 17.8 Å². The van der Waals surface area contributed by atoms with E-state index >= 15 is 0 Å². The fourth-order valence-electron chi connectivity index (χ4n) is 5.03. The molecule has 3 aliphatic rings. The second-order valence-corrected chi connectivity index (χ2v) is 9.73. The molecule has 1 saturated carbocycles. The number of aliphatic hydroxyl groups excluding tert-OH is 4. The highest BCUT2D eigenvalue weighted by Gasteiger charge is 2.52. The monoisotopic (exact) mass is 580 g/mol. The summed E-state index contributed by atoms with van der Waals surface area (Å²) < 4.78 is 32.1. The standard InChI is InChI=1S/C27H32O14/c1-11-15(28)8-13-14(25(34)35)9-39-26(20(11)13)41-27-24(33)23(32)22(31)18(40-27)10-38-19(29)5-4-12-6-16(36-2)21(30)17(7-12)37-3/h4-7,9,13,15,18,20,22-24,26-28,30-33H,1,8,10H2,2-3H3,(H,34,35)/b5-4+/t13-,15+,18-,20-,22-,23+,24-,26+,27+/m0/s1. The number of phenols is 1. The Balaban J connectivity index is 1.41. The van der Waals surface area contributed by atoms with Crippen LogP contribution in [-0.2, 0) is 28.5 Å². The lowest BCUT2D eigenvalue weighted by Crippen LogP contribution is -2.60. The fraction of sp³-hybridized carbons (Fsp3) is 0.481. The van der Waals surface area contributed by atoms with Crippen LogP contribution in [0.25, 0.3) is 6.08 Å². The molecule has 41 heavy (non-hydrogen) atoms. The van der Waals surface area contributed by atoms with Crippen LogP contribution in [0.1, 0.15) is 12.0 Å². The van der Waals surface area contributed by atoms with Crippen molar-refractivity contribution in [3.8, 4) is 17.2 Å². The molecule has 0 aromatic heterocycles. The van der Waals surface area contributed by atoms with Gasteiger partial charge in [-0.3, -0.25) is 0 Å². The van der Waals surface area contributed by atoms with Crippen LogP contribution in [0.5, 0.6) is 17.2 Å². The molecule has 14 nitrogen and oxygen atoms in total. The summed E-state index contributed by atoms with van der Waals surface area (Å²) in [7, 11) is 2.70. The molecule has 0 unspecified atom stereocenters. The predicted molar refractivity (Wildman–Crippen MR) is 136 cm³/mol. The zero-order chi connectivity index (χ0) is 30.0. The molecule has 0 bridgehead atoms. The Labute approximate surface area is 234 Å². The molecule has 0 spiro atoms. The molecule has 2 aliphatic heterocycles. The molecule has 9 atom stereocenters. The van der Waals surface area contributed by atoms with E-state index < -0.39 is 73.5 Å². The molecule has 0 amide bonds. The molecular weight excluding hydrogens is 548 g/mol. The number of rotatable bonds is 9. The van der Waals surface area contributed by atoms with Crippen molar-refractivity contribution in [3.05, 3.63) is 47.8 Å². The molecule has 2 heterocycles. The zero-order valence-corrected chi connectivity index (χ0v) is 22.2. The molecule has 2 fully saturated rings. The number of aliphatic hydroxyl groups is 4. The van der Waals surface area contributed by atoms with Crippen molar-refractivity contribution in [2.24, 2.45) is 11.8 Å². The number of carbonyl (C=O) groups is 2. The van der Waals surface area contributed by atoms with Crippen molar-refractivity contribution in [1.82, 2.24) is 0 Å². The van der Waals surface area contributed by atoms with Crippen molar-refractivity contribution in [3.63, 3.8) is 0 Å². The highest BCUT2D eigenvalue weighted by atomic mass is 16.8. The first kappa shape index (κ1) is 30.3. The summed E-state index contributed by atoms with van der Waals surface area (Å²) in [6, 6.07) is 2.92. The maximum absolute atomic E-state index is 12.4. The molecule has 1 aromatic carbocycles. The summed E-state index contributed by atoms with van der Waals surface area (Å²) in [5.41, 5.74) is 0.646. The van der Waals surface area contributed by atoms with Gasteiger partial charge in [0.1, 0.15) is 31.0 Å². The third kappa shape index (κ3) is 6.17. The number of fused-ring (bicyclic) bond motifs is 1. The number of methoxy groups -OCH3 is 2. The second-order valence-electron chi connectivity index (χ2n) is 9.73. The normalized spacial score (nSPS) is 33.1. The molecule has 6 N–H and O–H groups in total. The second kappa shape index (κ2) is 12.5. The van der Waals surface area contributed by atoms with Gasteiger partial charge in [0.05, 0.1) is 38.1 Å². The summed E-state index contributed by atoms with van der Waals surface area (Å²) in [6.45, 7) is 3.28. The Hall–Kier alpha value is -3.66. The first-order valence-electron chi connectivity index (χ1n) is 12.6. The van der Waals surface area contributed by atoms with Crippen molar-refractivity contribution in [2.45, 2.75) is 49.5 Å². The third-order valence-electron chi connectivity index (χ3n) is 7.28. The molecule has 4 rings (SSSR count).